The molecule has 0 aromatic carbocycles. The summed E-state index contributed by atoms with van der Waals surface area (Å²) in [5.74, 6) is 0. The third-order valence-electron chi connectivity index (χ3n) is 1.63. The van der Waals surface area contributed by atoms with E-state index in [0.717, 1.165) is 0 Å². The van der Waals surface area contributed by atoms with Crippen molar-refractivity contribution in [1.29, 1.82) is 0 Å². The molecule has 1 aromatic heterocycles. The molecule has 0 unspecified atom stereocenters. The Kier molecular flexibility index (Phi) is 3.27. The van der Waals surface area contributed by atoms with Crippen LogP contribution in [-0.4, -0.2) is 46.5 Å². The number of aliphatic hydroxyl groups is 1. The van der Waals surface area contributed by atoms with Crippen LogP contribution in [0.3, 0.4) is 0 Å². The number of nitrogens with two attached hydrogens (primary N) is 1. The fourth-order valence-corrected chi connectivity index (χ4v) is 1.17. The first-order chi connectivity index (χ1) is 6.08. The van der Waals surface area contributed by atoms with E-state index in [1.54, 1.807) is 17.1 Å². The molecule has 1 rings (SSSR count). The molecule has 0 aliphatic rings. The number of nitrogens with zero attached hydrogens (tertiary/aromatic N) is 3. The predicted molar refractivity (Wildman–Crippen MR) is 51.2 cm³/mol. The van der Waals surface area contributed by atoms with Gasteiger partial charge in [-0.15, -0.1) is 0 Å². The standard InChI is InChI=1S/C8H16N4O/c1-11(2)5-8(13)6-12-4-7(9)3-10-12/h3-4,8,13H,5-6,9H2,1-2H3/t8-/m1/s1. The van der Waals surface area contributed by atoms with Crippen LogP contribution in [-0.2, 0) is 6.54 Å². The maximum absolute atomic E-state index is 9.54. The fraction of sp³-hybridized carbons (Fsp3) is 0.625. The van der Waals surface area contributed by atoms with E-state index in [2.05, 4.69) is 5.10 Å². The van der Waals surface area contributed by atoms with Gasteiger partial charge in [-0.2, -0.15) is 5.10 Å². The van der Waals surface area contributed by atoms with Gasteiger partial charge < -0.3 is 15.7 Å². The second-order valence-electron chi connectivity index (χ2n) is 3.41. The molecule has 0 saturated heterocycles. The third-order valence-corrected chi connectivity index (χ3v) is 1.63. The third kappa shape index (κ3) is 3.43. The number of hydrogen-bond acceptors (Lipinski definition) is 4. The summed E-state index contributed by atoms with van der Waals surface area (Å²) < 4.78 is 1.64. The van der Waals surface area contributed by atoms with Crippen molar-refractivity contribution in [2.24, 2.45) is 0 Å². The molecule has 0 spiro atoms. The number of likely N-dealkylation sites (N-methyl/N-ethyl adjacent to an activating group) is 1. The highest BCUT2D eigenvalue weighted by Crippen LogP contribution is 1.99. The molecule has 0 amide bonds. The molecule has 1 aromatic rings. The average Bonchev–Trinajstić information content (AvgIpc) is 2.33. The van der Waals surface area contributed by atoms with Gasteiger partial charge in [-0.3, -0.25) is 4.68 Å². The molecule has 5 nitrogen and oxygen atoms in total. The van der Waals surface area contributed by atoms with Gasteiger partial charge in [-0.05, 0) is 14.1 Å². The SMILES string of the molecule is CN(C)C[C@@H](O)Cn1cc(N)cn1. The molecular formula is C8H16N4O. The Bertz CT molecular complexity index is 258. The van der Waals surface area contributed by atoms with Crippen molar-refractivity contribution in [3.8, 4) is 0 Å². The van der Waals surface area contributed by atoms with E-state index in [9.17, 15) is 5.11 Å². The van der Waals surface area contributed by atoms with Crippen LogP contribution in [0.2, 0.25) is 0 Å². The first-order valence-corrected chi connectivity index (χ1v) is 4.18. The van der Waals surface area contributed by atoms with Crippen molar-refractivity contribution in [2.75, 3.05) is 26.4 Å². The van der Waals surface area contributed by atoms with Gasteiger partial charge in [0.2, 0.25) is 0 Å². The van der Waals surface area contributed by atoms with Crippen LogP contribution in [0.5, 0.6) is 0 Å². The summed E-state index contributed by atoms with van der Waals surface area (Å²) in [6.45, 7) is 1.11. The summed E-state index contributed by atoms with van der Waals surface area (Å²) in [6, 6.07) is 0. The summed E-state index contributed by atoms with van der Waals surface area (Å²) in [7, 11) is 3.83. The van der Waals surface area contributed by atoms with E-state index in [-0.39, 0.29) is 0 Å². The molecule has 0 fully saturated rings. The lowest BCUT2D eigenvalue weighted by molar-refractivity contribution is 0.116. The van der Waals surface area contributed by atoms with Crippen LogP contribution in [0.25, 0.3) is 0 Å². The largest absolute Gasteiger partial charge is 0.396 e. The molecule has 1 atom stereocenters. The summed E-state index contributed by atoms with van der Waals surface area (Å²) in [6.07, 6.45) is 2.87. The molecule has 1 heterocycles. The Labute approximate surface area is 77.8 Å². The molecule has 0 aliphatic carbocycles. The van der Waals surface area contributed by atoms with Gasteiger partial charge >= 0.3 is 0 Å². The van der Waals surface area contributed by atoms with Crippen molar-refractivity contribution in [3.05, 3.63) is 12.4 Å². The minimum atomic E-state index is -0.408. The fourth-order valence-electron chi connectivity index (χ4n) is 1.17. The number of hydrogen-bond donors (Lipinski definition) is 2. The van der Waals surface area contributed by atoms with Gasteiger partial charge in [-0.1, -0.05) is 0 Å². The van der Waals surface area contributed by atoms with Crippen LogP contribution in [0.4, 0.5) is 5.69 Å². The Morgan fingerprint density at radius 2 is 2.38 bits per heavy atom. The summed E-state index contributed by atoms with van der Waals surface area (Å²) in [5.41, 5.74) is 6.10. The smallest absolute Gasteiger partial charge is 0.0862 e. The van der Waals surface area contributed by atoms with Crippen LogP contribution < -0.4 is 5.73 Å². The molecule has 5 heteroatoms. The van der Waals surface area contributed by atoms with Crippen molar-refractivity contribution >= 4 is 5.69 Å². The topological polar surface area (TPSA) is 67.3 Å². The maximum Gasteiger partial charge on any atom is 0.0862 e. The van der Waals surface area contributed by atoms with Crippen molar-refractivity contribution in [3.63, 3.8) is 0 Å². The molecule has 3 N–H and O–H groups in total. The quantitative estimate of drug-likeness (QED) is 0.655. The molecule has 0 bridgehead atoms. The van der Waals surface area contributed by atoms with Crippen LogP contribution >= 0.6 is 0 Å². The monoisotopic (exact) mass is 184 g/mol. The van der Waals surface area contributed by atoms with Gasteiger partial charge in [-0.25, -0.2) is 0 Å². The Morgan fingerprint density at radius 3 is 2.85 bits per heavy atom. The van der Waals surface area contributed by atoms with Crippen LogP contribution in [0.1, 0.15) is 0 Å². The average molecular weight is 184 g/mol. The minimum Gasteiger partial charge on any atom is -0.396 e. The molecular weight excluding hydrogens is 168 g/mol. The predicted octanol–water partition coefficient (Wildman–Crippen LogP) is -0.612. The number of rotatable bonds is 4. The summed E-state index contributed by atoms with van der Waals surface area (Å²) >= 11 is 0. The number of aromatic nitrogens is 2. The van der Waals surface area contributed by atoms with E-state index in [1.165, 1.54) is 0 Å². The summed E-state index contributed by atoms with van der Waals surface area (Å²) in [5, 5.41) is 13.5. The van der Waals surface area contributed by atoms with Crippen molar-refractivity contribution in [1.82, 2.24) is 14.7 Å². The lowest BCUT2D eigenvalue weighted by Gasteiger charge is -2.15. The van der Waals surface area contributed by atoms with Crippen molar-refractivity contribution < 1.29 is 5.11 Å². The van der Waals surface area contributed by atoms with Gasteiger partial charge in [0.1, 0.15) is 0 Å². The highest BCUT2D eigenvalue weighted by atomic mass is 16.3. The lowest BCUT2D eigenvalue weighted by atomic mass is 10.3. The van der Waals surface area contributed by atoms with Gasteiger partial charge in [0.05, 0.1) is 24.5 Å². The highest BCUT2D eigenvalue weighted by Gasteiger charge is 2.06. The minimum absolute atomic E-state index is 0.408. The zero-order valence-electron chi connectivity index (χ0n) is 8.01. The highest BCUT2D eigenvalue weighted by molar-refractivity contribution is 5.30. The normalized spacial score (nSPS) is 13.5. The van der Waals surface area contributed by atoms with E-state index >= 15 is 0 Å². The van der Waals surface area contributed by atoms with Crippen LogP contribution in [0.15, 0.2) is 12.4 Å². The van der Waals surface area contributed by atoms with E-state index in [4.69, 9.17) is 5.73 Å². The van der Waals surface area contributed by atoms with E-state index in [0.29, 0.717) is 18.8 Å². The Hall–Kier alpha value is -1.07. The number of anilines is 1. The summed E-state index contributed by atoms with van der Waals surface area (Å²) in [4.78, 5) is 1.93. The molecule has 0 saturated carbocycles. The van der Waals surface area contributed by atoms with Gasteiger partial charge in [0.15, 0.2) is 0 Å². The first kappa shape index (κ1) is 10.0. The maximum atomic E-state index is 9.54. The first-order valence-electron chi connectivity index (χ1n) is 4.18. The Morgan fingerprint density at radius 1 is 1.69 bits per heavy atom. The van der Waals surface area contributed by atoms with E-state index < -0.39 is 6.10 Å². The number of aliphatic hydroxyl groups excluding tert-OH is 1. The molecule has 13 heavy (non-hydrogen) atoms. The second-order valence-corrected chi connectivity index (χ2v) is 3.41. The zero-order valence-corrected chi connectivity index (χ0v) is 8.01. The molecule has 0 radical (unpaired) electrons. The van der Waals surface area contributed by atoms with Gasteiger partial charge in [0, 0.05) is 12.7 Å². The van der Waals surface area contributed by atoms with Gasteiger partial charge in [0.25, 0.3) is 0 Å². The van der Waals surface area contributed by atoms with E-state index in [1.807, 2.05) is 19.0 Å². The van der Waals surface area contributed by atoms with Crippen LogP contribution in [0, 0.1) is 0 Å². The Balaban J connectivity index is 2.40. The molecule has 0 aliphatic heterocycles. The van der Waals surface area contributed by atoms with Crippen molar-refractivity contribution in [2.45, 2.75) is 12.6 Å². The molecule has 74 valence electrons. The zero-order chi connectivity index (χ0) is 9.84. The second kappa shape index (κ2) is 4.25. The number of nitrogen functional groups attached to an aromatic ring is 1. The lowest BCUT2D eigenvalue weighted by Crippen LogP contribution is -2.29.